The van der Waals surface area contributed by atoms with E-state index in [0.29, 0.717) is 23.5 Å². The van der Waals surface area contributed by atoms with Gasteiger partial charge >= 0.3 is 48.8 Å². The highest BCUT2D eigenvalue weighted by Crippen LogP contribution is 2.32. The first-order valence-electron chi connectivity index (χ1n) is 20.3. The Hall–Kier alpha value is -2.30. The summed E-state index contributed by atoms with van der Waals surface area (Å²) in [5.41, 5.74) is 4.21. The zero-order valence-electron chi connectivity index (χ0n) is 37.8. The minimum absolute atomic E-state index is 0.225. The second-order valence-corrected chi connectivity index (χ2v) is 45.9. The number of hydrogen-bond donors (Lipinski definition) is 1. The number of aromatic carboxylic acids is 1. The molecule has 0 bridgehead atoms. The van der Waals surface area contributed by atoms with Crippen LogP contribution >= 0.6 is 0 Å². The van der Waals surface area contributed by atoms with Crippen molar-refractivity contribution < 1.29 is 39.3 Å². The van der Waals surface area contributed by atoms with Crippen molar-refractivity contribution in [1.82, 2.24) is 0 Å². The summed E-state index contributed by atoms with van der Waals surface area (Å²) in [5, 5.41) is 19.0. The fourth-order valence-corrected chi connectivity index (χ4v) is 42.1. The van der Waals surface area contributed by atoms with Crippen LogP contribution in [0.15, 0.2) is 66.7 Å². The van der Waals surface area contributed by atoms with E-state index in [4.69, 9.17) is 34.7 Å². The van der Waals surface area contributed by atoms with Crippen LogP contribution in [0.25, 0.3) is 22.3 Å². The Bertz CT molecular complexity index is 1860. The minimum atomic E-state index is -2.60. The SMILES string of the molecule is C[Si](C)(C)O[Si](C)(C)O[Si](C)(C)O[Si](C)(C)O[Si](C)(C)O[Si](C)(C)O[Si](C)(C)CCCCCCOc1ccc(C(=O)O)c(-c2ccc(-c3ccc(C#N)cc3)cc2)c1. The van der Waals surface area contributed by atoms with Gasteiger partial charge in [-0.15, -0.1) is 0 Å². The number of carboxylic acids is 1. The molecule has 0 fully saturated rings. The lowest BCUT2D eigenvalue weighted by Crippen LogP contribution is -2.60. The van der Waals surface area contributed by atoms with Crippen LogP contribution < -0.4 is 4.74 Å². The predicted molar refractivity (Wildman–Crippen MR) is 253 cm³/mol. The number of ether oxygens (including phenoxy) is 1. The summed E-state index contributed by atoms with van der Waals surface area (Å²) in [5.74, 6) is -0.336. The molecule has 1 N–H and O–H groups in total. The standard InChI is InChI=1S/C41H69NO9Si7/c1-52(2,3)46-54(6,7)48-56(10,11)50-58(14,15)51-57(12,13)49-55(8,9)47-53(4,5)31-19-17-16-18-30-45-38-28-29-39(41(43)44)40(32-38)37-26-24-36(25-27-37)35-22-20-34(33-42)21-23-35/h20-29,32H,16-19,30-31H2,1-15H3,(H,43,44). The second-order valence-electron chi connectivity index (χ2n) is 18.8. The van der Waals surface area contributed by atoms with E-state index < -0.39 is 65.4 Å². The molecule has 0 atom stereocenters. The summed E-state index contributed by atoms with van der Waals surface area (Å²) in [4.78, 5) is 12.1. The summed E-state index contributed by atoms with van der Waals surface area (Å²) >= 11 is 0. The summed E-state index contributed by atoms with van der Waals surface area (Å²) in [7, 11) is -16.4. The van der Waals surface area contributed by atoms with Gasteiger partial charge in [0.2, 0.25) is 0 Å². The molecule has 0 amide bonds. The van der Waals surface area contributed by atoms with Gasteiger partial charge in [0.1, 0.15) is 5.75 Å². The molecule has 0 unspecified atom stereocenters. The van der Waals surface area contributed by atoms with Crippen LogP contribution in [0.1, 0.15) is 41.6 Å². The summed E-state index contributed by atoms with van der Waals surface area (Å²) in [6.07, 6.45) is 4.08. The quantitative estimate of drug-likeness (QED) is 0.0726. The molecule has 58 heavy (non-hydrogen) atoms. The molecule has 3 aromatic carbocycles. The molecule has 0 aliphatic heterocycles. The van der Waals surface area contributed by atoms with Crippen LogP contribution in [0.4, 0.5) is 0 Å². The van der Waals surface area contributed by atoms with E-state index in [2.05, 4.69) is 104 Å². The van der Waals surface area contributed by atoms with Crippen LogP contribution in [0.5, 0.6) is 5.75 Å². The predicted octanol–water partition coefficient (Wildman–Crippen LogP) is 12.2. The van der Waals surface area contributed by atoms with Gasteiger partial charge in [-0.2, -0.15) is 5.26 Å². The number of hydrogen-bond acceptors (Lipinski definition) is 9. The third-order valence-corrected chi connectivity index (χ3v) is 34.6. The van der Waals surface area contributed by atoms with E-state index in [1.807, 2.05) is 42.5 Å². The molecule has 3 rings (SSSR count). The number of benzene rings is 3. The van der Waals surface area contributed by atoms with Crippen molar-refractivity contribution in [2.45, 2.75) is 130 Å². The van der Waals surface area contributed by atoms with Crippen molar-refractivity contribution in [3.05, 3.63) is 77.9 Å². The Balaban J connectivity index is 1.47. The fourth-order valence-electron chi connectivity index (χ4n) is 7.74. The third kappa shape index (κ3) is 17.7. The first kappa shape index (κ1) is 50.1. The van der Waals surface area contributed by atoms with E-state index in [0.717, 1.165) is 48.4 Å². The number of carbonyl (C=O) groups is 1. The van der Waals surface area contributed by atoms with Gasteiger partial charge in [-0.1, -0.05) is 55.7 Å². The Morgan fingerprint density at radius 1 is 0.552 bits per heavy atom. The molecule has 17 heteroatoms. The van der Waals surface area contributed by atoms with E-state index >= 15 is 0 Å². The molecule has 0 saturated heterocycles. The lowest BCUT2D eigenvalue weighted by atomic mass is 9.96. The fraction of sp³-hybridized carbons (Fsp3) is 0.512. The molecule has 0 saturated carbocycles. The summed E-state index contributed by atoms with van der Waals surface area (Å²) < 4.78 is 46.3. The highest BCUT2D eigenvalue weighted by Gasteiger charge is 2.48. The monoisotopic (exact) mass is 915 g/mol. The third-order valence-electron chi connectivity index (χ3n) is 8.75. The molecule has 0 spiro atoms. The Morgan fingerprint density at radius 2 is 0.983 bits per heavy atom. The van der Waals surface area contributed by atoms with E-state index in [1.165, 1.54) is 0 Å². The maximum absolute atomic E-state index is 12.1. The minimum Gasteiger partial charge on any atom is -0.494 e. The number of carboxylic acid groups (broad SMARTS) is 1. The Morgan fingerprint density at radius 3 is 1.45 bits per heavy atom. The molecule has 10 nitrogen and oxygen atoms in total. The summed E-state index contributed by atoms with van der Waals surface area (Å²) in [6.45, 7) is 32.7. The number of unbranched alkanes of at least 4 members (excludes halogenated alkanes) is 3. The lowest BCUT2D eigenvalue weighted by molar-refractivity contribution is 0.0697. The van der Waals surface area contributed by atoms with E-state index in [1.54, 1.807) is 24.3 Å². The molecular weight excluding hydrogens is 847 g/mol. The highest BCUT2D eigenvalue weighted by atomic mass is 28.5. The van der Waals surface area contributed by atoms with Crippen molar-refractivity contribution in [3.63, 3.8) is 0 Å². The smallest absolute Gasteiger partial charge is 0.336 e. The van der Waals surface area contributed by atoms with Gasteiger partial charge < -0.3 is 34.5 Å². The van der Waals surface area contributed by atoms with E-state index in [9.17, 15) is 9.90 Å². The van der Waals surface area contributed by atoms with Gasteiger partial charge in [-0.3, -0.25) is 0 Å². The number of rotatable bonds is 23. The highest BCUT2D eigenvalue weighted by molar-refractivity contribution is 6.91. The maximum Gasteiger partial charge on any atom is 0.336 e. The van der Waals surface area contributed by atoms with Gasteiger partial charge in [-0.05, 0) is 163 Å². The van der Waals surface area contributed by atoms with Crippen molar-refractivity contribution in [2.75, 3.05) is 6.61 Å². The molecular formula is C41H69NO9Si7. The van der Waals surface area contributed by atoms with Crippen molar-refractivity contribution in [1.29, 1.82) is 5.26 Å². The molecule has 0 radical (unpaired) electrons. The van der Waals surface area contributed by atoms with Crippen LogP contribution in [-0.2, 0) is 24.7 Å². The molecule has 0 aliphatic carbocycles. The van der Waals surface area contributed by atoms with Crippen molar-refractivity contribution in [2.24, 2.45) is 0 Å². The molecule has 320 valence electrons. The van der Waals surface area contributed by atoms with Crippen molar-refractivity contribution in [3.8, 4) is 34.1 Å². The van der Waals surface area contributed by atoms with Crippen LogP contribution in [-0.4, -0.2) is 77.1 Å². The first-order chi connectivity index (χ1) is 26.5. The molecule has 3 aromatic rings. The molecule has 0 heterocycles. The topological polar surface area (TPSA) is 126 Å². The first-order valence-corrected chi connectivity index (χ1v) is 40.9. The average Bonchev–Trinajstić information content (AvgIpc) is 3.03. The second kappa shape index (κ2) is 20.0. The maximum atomic E-state index is 12.1. The lowest BCUT2D eigenvalue weighted by Gasteiger charge is -2.43. The van der Waals surface area contributed by atoms with Gasteiger partial charge in [-0.25, -0.2) is 4.79 Å². The Kier molecular flexibility index (Phi) is 17.3. The zero-order valence-corrected chi connectivity index (χ0v) is 44.8. The van der Waals surface area contributed by atoms with Crippen LogP contribution in [0.2, 0.25) is 104 Å². The van der Waals surface area contributed by atoms with E-state index in [-0.39, 0.29) is 5.56 Å². The van der Waals surface area contributed by atoms with Gasteiger partial charge in [0.05, 0.1) is 23.8 Å². The number of nitriles is 1. The molecule has 0 aromatic heterocycles. The van der Waals surface area contributed by atoms with Crippen LogP contribution in [0, 0.1) is 11.3 Å². The number of nitrogens with zero attached hydrogens (tertiary/aromatic N) is 1. The summed E-state index contributed by atoms with van der Waals surface area (Å²) in [6, 6.07) is 23.5. The average molecular weight is 917 g/mol. The van der Waals surface area contributed by atoms with Gasteiger partial charge in [0.15, 0.2) is 16.6 Å². The van der Waals surface area contributed by atoms with Crippen molar-refractivity contribution >= 4 is 65.4 Å². The zero-order chi connectivity index (χ0) is 43.8. The largest absolute Gasteiger partial charge is 0.494 e. The van der Waals surface area contributed by atoms with Crippen LogP contribution in [0.3, 0.4) is 0 Å². The Labute approximate surface area is 356 Å². The normalized spacial score (nSPS) is 13.3. The van der Waals surface area contributed by atoms with Gasteiger partial charge in [0.25, 0.3) is 0 Å². The molecule has 0 aliphatic rings. The van der Waals surface area contributed by atoms with Gasteiger partial charge in [0, 0.05) is 0 Å².